The van der Waals surface area contributed by atoms with Crippen LogP contribution in [0.2, 0.25) is 5.02 Å². The average molecular weight is 486 g/mol. The highest BCUT2D eigenvalue weighted by atomic mass is 79.9. The van der Waals surface area contributed by atoms with Crippen LogP contribution < -0.4 is 9.64 Å². The van der Waals surface area contributed by atoms with Gasteiger partial charge in [0.2, 0.25) is 0 Å². The fraction of sp³-hybridized carbons (Fsp3) is 0.208. The van der Waals surface area contributed by atoms with Crippen LogP contribution in [0, 0.1) is 0 Å². The zero-order chi connectivity index (χ0) is 20.8. The van der Waals surface area contributed by atoms with Crippen LogP contribution in [0.15, 0.2) is 76.2 Å². The van der Waals surface area contributed by atoms with E-state index in [0.29, 0.717) is 17.4 Å². The van der Waals surface area contributed by atoms with Gasteiger partial charge in [-0.05, 0) is 63.5 Å². The first-order chi connectivity index (χ1) is 14.7. The zero-order valence-electron chi connectivity index (χ0n) is 16.4. The summed E-state index contributed by atoms with van der Waals surface area (Å²) in [6, 6.07) is 22.1. The molecule has 0 bridgehead atoms. The molecule has 1 aliphatic heterocycles. The van der Waals surface area contributed by atoms with Crippen molar-refractivity contribution in [3.05, 3.63) is 87.4 Å². The Hall–Kier alpha value is -2.34. The number of benzene rings is 3. The van der Waals surface area contributed by atoms with Crippen LogP contribution in [0.5, 0.6) is 5.75 Å². The van der Waals surface area contributed by atoms with E-state index in [1.54, 1.807) is 6.21 Å². The molecule has 6 heteroatoms. The van der Waals surface area contributed by atoms with Crippen molar-refractivity contribution in [3.63, 3.8) is 0 Å². The molecular weight excluding hydrogens is 464 g/mol. The summed E-state index contributed by atoms with van der Waals surface area (Å²) in [6.45, 7) is 3.87. The number of hydrogen-bond acceptors (Lipinski definition) is 4. The summed E-state index contributed by atoms with van der Waals surface area (Å²) in [5.74, 6) is 0.632. The highest BCUT2D eigenvalue weighted by Gasteiger charge is 2.11. The smallest absolute Gasteiger partial charge is 0.152 e. The Kier molecular flexibility index (Phi) is 7.05. The van der Waals surface area contributed by atoms with Gasteiger partial charge in [-0.2, -0.15) is 0 Å². The molecule has 1 heterocycles. The van der Waals surface area contributed by atoms with Gasteiger partial charge in [-0.15, -0.1) is 0 Å². The molecule has 0 N–H and O–H groups in total. The Bertz CT molecular complexity index is 980. The number of anilines is 1. The molecule has 1 fully saturated rings. The molecule has 4 rings (SSSR count). The molecule has 0 aromatic heterocycles. The number of rotatable bonds is 6. The molecule has 1 saturated heterocycles. The van der Waals surface area contributed by atoms with E-state index in [9.17, 15) is 0 Å². The van der Waals surface area contributed by atoms with E-state index in [1.165, 1.54) is 5.69 Å². The fourth-order valence-electron chi connectivity index (χ4n) is 3.24. The van der Waals surface area contributed by atoms with Crippen LogP contribution in [0.4, 0.5) is 11.4 Å². The third-order valence-corrected chi connectivity index (χ3v) is 5.71. The van der Waals surface area contributed by atoms with Crippen LogP contribution in [0.3, 0.4) is 0 Å². The Morgan fingerprint density at radius 3 is 2.47 bits per heavy atom. The van der Waals surface area contributed by atoms with E-state index in [1.807, 2.05) is 54.6 Å². The first kappa shape index (κ1) is 20.9. The van der Waals surface area contributed by atoms with Crippen molar-refractivity contribution < 1.29 is 9.47 Å². The molecule has 30 heavy (non-hydrogen) atoms. The lowest BCUT2D eigenvalue weighted by Gasteiger charge is -2.28. The Labute approximate surface area is 190 Å². The minimum atomic E-state index is 0.460. The van der Waals surface area contributed by atoms with Gasteiger partial charge in [0.25, 0.3) is 0 Å². The zero-order valence-corrected chi connectivity index (χ0v) is 18.8. The number of aliphatic imine (C=N–C) groups is 1. The van der Waals surface area contributed by atoms with Crippen LogP contribution in [0.25, 0.3) is 0 Å². The topological polar surface area (TPSA) is 34.1 Å². The van der Waals surface area contributed by atoms with Gasteiger partial charge in [0.1, 0.15) is 6.61 Å². The van der Waals surface area contributed by atoms with Crippen LogP contribution in [-0.4, -0.2) is 32.5 Å². The fourth-order valence-corrected chi connectivity index (χ4v) is 4.23. The van der Waals surface area contributed by atoms with Crippen LogP contribution >= 0.6 is 27.5 Å². The van der Waals surface area contributed by atoms with Crippen molar-refractivity contribution in [2.24, 2.45) is 4.99 Å². The SMILES string of the molecule is Clc1cc(C=Nc2ccc(N3CCOCC3)cc2)cc(Br)c1OCc1ccccc1. The quantitative estimate of drug-likeness (QED) is 0.386. The second-order valence-corrected chi connectivity index (χ2v) is 8.22. The molecule has 0 unspecified atom stereocenters. The largest absolute Gasteiger partial charge is 0.486 e. The number of halogens is 2. The van der Waals surface area contributed by atoms with Gasteiger partial charge < -0.3 is 14.4 Å². The van der Waals surface area contributed by atoms with Crippen molar-refractivity contribution >= 4 is 45.1 Å². The molecule has 0 radical (unpaired) electrons. The van der Waals surface area contributed by atoms with Crippen molar-refractivity contribution in [2.75, 3.05) is 31.2 Å². The summed E-state index contributed by atoms with van der Waals surface area (Å²) in [5.41, 5.74) is 4.08. The normalized spacial score (nSPS) is 14.3. The van der Waals surface area contributed by atoms with E-state index >= 15 is 0 Å². The lowest BCUT2D eigenvalue weighted by atomic mass is 10.2. The summed E-state index contributed by atoms with van der Waals surface area (Å²) in [7, 11) is 0. The molecule has 3 aromatic carbocycles. The average Bonchev–Trinajstić information content (AvgIpc) is 2.79. The Balaban J connectivity index is 1.42. The molecular formula is C24H22BrClN2O2. The number of ether oxygens (including phenoxy) is 2. The van der Waals surface area contributed by atoms with Crippen molar-refractivity contribution in [1.82, 2.24) is 0 Å². The maximum atomic E-state index is 6.46. The summed E-state index contributed by atoms with van der Waals surface area (Å²) >= 11 is 10.0. The molecule has 0 atom stereocenters. The summed E-state index contributed by atoms with van der Waals surface area (Å²) < 4.78 is 12.1. The van der Waals surface area contributed by atoms with Gasteiger partial charge in [0.15, 0.2) is 5.75 Å². The van der Waals surface area contributed by atoms with Gasteiger partial charge in [0, 0.05) is 25.0 Å². The van der Waals surface area contributed by atoms with Crippen molar-refractivity contribution in [2.45, 2.75) is 6.61 Å². The van der Waals surface area contributed by atoms with E-state index in [-0.39, 0.29) is 0 Å². The minimum absolute atomic E-state index is 0.460. The summed E-state index contributed by atoms with van der Waals surface area (Å²) in [4.78, 5) is 6.90. The Morgan fingerprint density at radius 2 is 1.77 bits per heavy atom. The lowest BCUT2D eigenvalue weighted by molar-refractivity contribution is 0.122. The number of nitrogens with zero attached hydrogens (tertiary/aromatic N) is 2. The predicted octanol–water partition coefficient (Wildman–Crippen LogP) is 6.27. The third kappa shape index (κ3) is 5.42. The number of hydrogen-bond donors (Lipinski definition) is 0. The summed E-state index contributed by atoms with van der Waals surface area (Å²) in [5, 5.41) is 0.546. The lowest BCUT2D eigenvalue weighted by Crippen LogP contribution is -2.36. The van der Waals surface area contributed by atoms with Gasteiger partial charge in [-0.25, -0.2) is 0 Å². The van der Waals surface area contributed by atoms with Crippen molar-refractivity contribution in [1.29, 1.82) is 0 Å². The van der Waals surface area contributed by atoms with Gasteiger partial charge in [0.05, 0.1) is 28.4 Å². The van der Waals surface area contributed by atoms with Crippen LogP contribution in [0.1, 0.15) is 11.1 Å². The maximum absolute atomic E-state index is 6.46. The second-order valence-electron chi connectivity index (χ2n) is 6.96. The van der Waals surface area contributed by atoms with Gasteiger partial charge >= 0.3 is 0 Å². The van der Waals surface area contributed by atoms with E-state index < -0.39 is 0 Å². The minimum Gasteiger partial charge on any atom is -0.486 e. The monoisotopic (exact) mass is 484 g/mol. The first-order valence-electron chi connectivity index (χ1n) is 9.81. The molecule has 1 aliphatic rings. The molecule has 0 aliphatic carbocycles. The molecule has 4 nitrogen and oxygen atoms in total. The number of morpholine rings is 1. The van der Waals surface area contributed by atoms with Crippen LogP contribution in [-0.2, 0) is 11.3 Å². The third-order valence-electron chi connectivity index (χ3n) is 4.84. The Morgan fingerprint density at radius 1 is 1.03 bits per heavy atom. The maximum Gasteiger partial charge on any atom is 0.152 e. The second kappa shape index (κ2) is 10.1. The molecule has 0 amide bonds. The van der Waals surface area contributed by atoms with Gasteiger partial charge in [-0.1, -0.05) is 41.9 Å². The molecule has 154 valence electrons. The van der Waals surface area contributed by atoms with Gasteiger partial charge in [-0.3, -0.25) is 4.99 Å². The van der Waals surface area contributed by atoms with E-state index in [2.05, 4.69) is 38.0 Å². The molecule has 3 aromatic rings. The summed E-state index contributed by atoms with van der Waals surface area (Å²) in [6.07, 6.45) is 1.81. The van der Waals surface area contributed by atoms with Crippen molar-refractivity contribution in [3.8, 4) is 5.75 Å². The predicted molar refractivity (Wildman–Crippen MR) is 127 cm³/mol. The highest BCUT2D eigenvalue weighted by Crippen LogP contribution is 2.35. The molecule has 0 saturated carbocycles. The molecule has 0 spiro atoms. The first-order valence-corrected chi connectivity index (χ1v) is 11.0. The standard InChI is InChI=1S/C24H22BrClN2O2/c25-22-14-19(15-23(26)24(22)30-17-18-4-2-1-3-5-18)16-27-20-6-8-21(9-7-20)28-10-12-29-13-11-28/h1-9,14-16H,10-13,17H2. The van der Waals surface area contributed by atoms with E-state index in [4.69, 9.17) is 21.1 Å². The van der Waals surface area contributed by atoms with E-state index in [0.717, 1.165) is 47.6 Å². The highest BCUT2D eigenvalue weighted by molar-refractivity contribution is 9.10.